The zero-order valence-corrected chi connectivity index (χ0v) is 8.19. The number of rotatable bonds is 4. The van der Waals surface area contributed by atoms with Crippen LogP contribution in [0.2, 0.25) is 0 Å². The number of hydrogen-bond donors (Lipinski definition) is 1. The minimum atomic E-state index is -0.474. The molecule has 2 N–H and O–H groups in total. The zero-order chi connectivity index (χ0) is 9.90. The summed E-state index contributed by atoms with van der Waals surface area (Å²) in [7, 11) is 1.63. The highest BCUT2D eigenvalue weighted by Crippen LogP contribution is 2.19. The normalized spacial score (nSPS) is 12.0. The highest BCUT2D eigenvalue weighted by atomic mass is 16.5. The van der Waals surface area contributed by atoms with E-state index in [1.165, 1.54) is 0 Å². The fourth-order valence-electron chi connectivity index (χ4n) is 1.00. The van der Waals surface area contributed by atoms with E-state index < -0.39 is 5.60 Å². The van der Waals surface area contributed by atoms with E-state index in [1.54, 1.807) is 11.8 Å². The molecule has 0 saturated heterocycles. The minimum absolute atomic E-state index is 0.474. The minimum Gasteiger partial charge on any atom is -0.371 e. The maximum Gasteiger partial charge on any atom is 0.182 e. The molecule has 0 saturated carbocycles. The highest BCUT2D eigenvalue weighted by molar-refractivity contribution is 4.95. The zero-order valence-electron chi connectivity index (χ0n) is 8.19. The third-order valence-electron chi connectivity index (χ3n) is 1.92. The van der Waals surface area contributed by atoms with Gasteiger partial charge in [0.05, 0.1) is 6.54 Å². The van der Waals surface area contributed by atoms with Crippen molar-refractivity contribution in [3.63, 3.8) is 0 Å². The summed E-state index contributed by atoms with van der Waals surface area (Å²) in [6.07, 6.45) is 0. The van der Waals surface area contributed by atoms with Crippen LogP contribution in [0.5, 0.6) is 0 Å². The third kappa shape index (κ3) is 2.02. The van der Waals surface area contributed by atoms with Crippen molar-refractivity contribution in [3.8, 4) is 0 Å². The molecule has 0 amide bonds. The number of aromatic nitrogens is 4. The summed E-state index contributed by atoms with van der Waals surface area (Å²) in [6, 6.07) is 0. The fourth-order valence-corrected chi connectivity index (χ4v) is 1.00. The van der Waals surface area contributed by atoms with E-state index in [9.17, 15) is 0 Å². The quantitative estimate of drug-likeness (QED) is 0.685. The van der Waals surface area contributed by atoms with Gasteiger partial charge in [-0.2, -0.15) is 0 Å². The molecule has 0 bridgehead atoms. The molecule has 0 aliphatic rings. The van der Waals surface area contributed by atoms with Crippen LogP contribution in [-0.2, 0) is 16.9 Å². The average molecular weight is 185 g/mol. The number of ether oxygens (including phenoxy) is 1. The van der Waals surface area contributed by atoms with Gasteiger partial charge in [-0.3, -0.25) is 0 Å². The molecule has 13 heavy (non-hydrogen) atoms. The summed E-state index contributed by atoms with van der Waals surface area (Å²) in [6.45, 7) is 4.93. The Morgan fingerprint density at radius 3 is 2.77 bits per heavy atom. The van der Waals surface area contributed by atoms with E-state index in [0.29, 0.717) is 18.9 Å². The Morgan fingerprint density at radius 2 is 2.23 bits per heavy atom. The van der Waals surface area contributed by atoms with Gasteiger partial charge < -0.3 is 10.5 Å². The molecule has 6 nitrogen and oxygen atoms in total. The van der Waals surface area contributed by atoms with Crippen molar-refractivity contribution in [1.29, 1.82) is 0 Å². The lowest BCUT2D eigenvalue weighted by Crippen LogP contribution is -2.27. The molecule has 1 rings (SSSR count). The number of tetrazole rings is 1. The van der Waals surface area contributed by atoms with E-state index in [1.807, 2.05) is 13.8 Å². The predicted molar refractivity (Wildman–Crippen MR) is 46.9 cm³/mol. The van der Waals surface area contributed by atoms with Gasteiger partial charge in [-0.05, 0) is 24.3 Å². The summed E-state index contributed by atoms with van der Waals surface area (Å²) in [4.78, 5) is 0. The Hall–Kier alpha value is -1.01. The van der Waals surface area contributed by atoms with Crippen LogP contribution in [0.3, 0.4) is 0 Å². The molecule has 1 aromatic rings. The van der Waals surface area contributed by atoms with Gasteiger partial charge in [-0.15, -0.1) is 5.10 Å². The van der Waals surface area contributed by atoms with Crippen LogP contribution in [0.15, 0.2) is 0 Å². The van der Waals surface area contributed by atoms with Crippen molar-refractivity contribution in [2.45, 2.75) is 26.0 Å². The first-order valence-electron chi connectivity index (χ1n) is 4.13. The Morgan fingerprint density at radius 1 is 1.54 bits per heavy atom. The molecular weight excluding hydrogens is 170 g/mol. The standard InChI is InChI=1S/C7H15N5O/c1-7(2,13-3)6-9-10-11-12(6)5-4-8/h4-5,8H2,1-3H3. The molecule has 0 atom stereocenters. The first kappa shape index (κ1) is 10.1. The summed E-state index contributed by atoms with van der Waals surface area (Å²) >= 11 is 0. The van der Waals surface area contributed by atoms with E-state index in [0.717, 1.165) is 0 Å². The lowest BCUT2D eigenvalue weighted by Gasteiger charge is -2.21. The van der Waals surface area contributed by atoms with Gasteiger partial charge in [0.15, 0.2) is 5.82 Å². The van der Waals surface area contributed by atoms with Gasteiger partial charge in [-0.25, -0.2) is 4.68 Å². The Labute approximate surface area is 77.1 Å². The molecule has 0 fully saturated rings. The SMILES string of the molecule is COC(C)(C)c1nnnn1CCN. The maximum absolute atomic E-state index is 5.42. The van der Waals surface area contributed by atoms with E-state index in [2.05, 4.69) is 15.5 Å². The van der Waals surface area contributed by atoms with Crippen LogP contribution < -0.4 is 5.73 Å². The van der Waals surface area contributed by atoms with Gasteiger partial charge in [0, 0.05) is 13.7 Å². The van der Waals surface area contributed by atoms with Crippen molar-refractivity contribution < 1.29 is 4.74 Å². The van der Waals surface area contributed by atoms with Crippen molar-refractivity contribution in [3.05, 3.63) is 5.82 Å². The van der Waals surface area contributed by atoms with Crippen LogP contribution in [-0.4, -0.2) is 33.9 Å². The van der Waals surface area contributed by atoms with Crippen LogP contribution in [0.4, 0.5) is 0 Å². The molecule has 74 valence electrons. The highest BCUT2D eigenvalue weighted by Gasteiger charge is 2.26. The number of hydrogen-bond acceptors (Lipinski definition) is 5. The first-order valence-corrected chi connectivity index (χ1v) is 4.13. The molecule has 6 heteroatoms. The first-order chi connectivity index (χ1) is 6.11. The predicted octanol–water partition coefficient (Wildman–Crippen LogP) is -0.487. The van der Waals surface area contributed by atoms with Gasteiger partial charge in [0.1, 0.15) is 5.60 Å². The Balaban J connectivity index is 2.93. The second kappa shape index (κ2) is 3.80. The van der Waals surface area contributed by atoms with Gasteiger partial charge in [-0.1, -0.05) is 0 Å². The molecule has 0 spiro atoms. The Bertz CT molecular complexity index is 270. The molecule has 0 unspecified atom stereocenters. The van der Waals surface area contributed by atoms with Crippen LogP contribution in [0.25, 0.3) is 0 Å². The van der Waals surface area contributed by atoms with E-state index >= 15 is 0 Å². The molecule has 1 aromatic heterocycles. The van der Waals surface area contributed by atoms with Crippen molar-refractivity contribution in [2.24, 2.45) is 5.73 Å². The van der Waals surface area contributed by atoms with E-state index in [4.69, 9.17) is 10.5 Å². The molecular formula is C7H15N5O. The van der Waals surface area contributed by atoms with Crippen LogP contribution in [0.1, 0.15) is 19.7 Å². The number of nitrogens with two attached hydrogens (primary N) is 1. The summed E-state index contributed by atoms with van der Waals surface area (Å²) < 4.78 is 6.92. The van der Waals surface area contributed by atoms with Crippen molar-refractivity contribution >= 4 is 0 Å². The summed E-state index contributed by atoms with van der Waals surface area (Å²) in [5, 5.41) is 11.3. The average Bonchev–Trinajstić information content (AvgIpc) is 2.54. The second-order valence-electron chi connectivity index (χ2n) is 3.23. The third-order valence-corrected chi connectivity index (χ3v) is 1.92. The fraction of sp³-hybridized carbons (Fsp3) is 0.857. The topological polar surface area (TPSA) is 78.9 Å². The van der Waals surface area contributed by atoms with Crippen LogP contribution >= 0.6 is 0 Å². The van der Waals surface area contributed by atoms with Crippen molar-refractivity contribution in [1.82, 2.24) is 20.2 Å². The molecule has 0 aliphatic heterocycles. The van der Waals surface area contributed by atoms with Gasteiger partial charge >= 0.3 is 0 Å². The summed E-state index contributed by atoms with van der Waals surface area (Å²) in [5.74, 6) is 0.695. The van der Waals surface area contributed by atoms with E-state index in [-0.39, 0.29) is 0 Å². The summed E-state index contributed by atoms with van der Waals surface area (Å²) in [5.41, 5.74) is 4.94. The lowest BCUT2D eigenvalue weighted by molar-refractivity contribution is 0.00755. The number of methoxy groups -OCH3 is 1. The maximum atomic E-state index is 5.42. The molecule has 0 aliphatic carbocycles. The molecule has 0 aromatic carbocycles. The van der Waals surface area contributed by atoms with Gasteiger partial charge in [0.2, 0.25) is 0 Å². The van der Waals surface area contributed by atoms with Crippen molar-refractivity contribution in [2.75, 3.05) is 13.7 Å². The monoisotopic (exact) mass is 185 g/mol. The Kier molecular flexibility index (Phi) is 2.94. The second-order valence-corrected chi connectivity index (χ2v) is 3.23. The van der Waals surface area contributed by atoms with Gasteiger partial charge in [0.25, 0.3) is 0 Å². The lowest BCUT2D eigenvalue weighted by atomic mass is 10.1. The number of nitrogens with zero attached hydrogens (tertiary/aromatic N) is 4. The smallest absolute Gasteiger partial charge is 0.182 e. The molecule has 0 radical (unpaired) electrons. The van der Waals surface area contributed by atoms with Crippen LogP contribution in [0, 0.1) is 0 Å². The molecule has 1 heterocycles. The largest absolute Gasteiger partial charge is 0.371 e.